The molecule has 0 aromatic heterocycles. The Morgan fingerprint density at radius 1 is 1.28 bits per heavy atom. The van der Waals surface area contributed by atoms with Crippen LogP contribution < -0.4 is 5.32 Å². The Labute approximate surface area is 109 Å². The van der Waals surface area contributed by atoms with E-state index in [1.165, 1.54) is 0 Å². The maximum Gasteiger partial charge on any atom is 0.146 e. The Kier molecular flexibility index (Phi) is 4.23. The summed E-state index contributed by atoms with van der Waals surface area (Å²) in [4.78, 5) is 2.48. The van der Waals surface area contributed by atoms with Gasteiger partial charge in [-0.15, -0.1) is 0 Å². The van der Waals surface area contributed by atoms with Gasteiger partial charge in [0, 0.05) is 25.2 Å². The van der Waals surface area contributed by atoms with Gasteiger partial charge in [-0.1, -0.05) is 6.07 Å². The molecule has 18 heavy (non-hydrogen) atoms. The molecule has 1 saturated heterocycles. The Morgan fingerprint density at radius 2 is 1.94 bits per heavy atom. The van der Waals surface area contributed by atoms with Crippen LogP contribution in [0.15, 0.2) is 18.2 Å². The monoisotopic (exact) mass is 250 g/mol. The van der Waals surface area contributed by atoms with Crippen molar-refractivity contribution >= 4 is 5.69 Å². The summed E-state index contributed by atoms with van der Waals surface area (Å²) in [6, 6.07) is 6.40. The first-order valence-corrected chi connectivity index (χ1v) is 6.83. The van der Waals surface area contributed by atoms with Crippen molar-refractivity contribution in [3.63, 3.8) is 0 Å². The molecule has 1 N–H and O–H groups in total. The zero-order valence-corrected chi connectivity index (χ0v) is 11.5. The van der Waals surface area contributed by atoms with Gasteiger partial charge in [0.15, 0.2) is 0 Å². The number of hydrogen-bond acceptors (Lipinski definition) is 2. The van der Waals surface area contributed by atoms with Gasteiger partial charge in [-0.2, -0.15) is 0 Å². The molecule has 1 aromatic carbocycles. The molecule has 1 aliphatic heterocycles. The summed E-state index contributed by atoms with van der Waals surface area (Å²) in [6.45, 7) is 8.57. The summed E-state index contributed by atoms with van der Waals surface area (Å²) in [5, 5.41) is 3.33. The van der Waals surface area contributed by atoms with E-state index in [2.05, 4.69) is 24.1 Å². The van der Waals surface area contributed by atoms with E-state index >= 15 is 0 Å². The highest BCUT2D eigenvalue weighted by atomic mass is 19.1. The highest BCUT2D eigenvalue weighted by molar-refractivity contribution is 5.47. The first-order chi connectivity index (χ1) is 8.56. The van der Waals surface area contributed by atoms with Crippen LogP contribution in [0.4, 0.5) is 10.1 Å². The minimum atomic E-state index is -0.138. The van der Waals surface area contributed by atoms with Crippen molar-refractivity contribution in [2.45, 2.75) is 45.7 Å². The maximum atomic E-state index is 13.7. The van der Waals surface area contributed by atoms with E-state index in [0.717, 1.165) is 31.5 Å². The van der Waals surface area contributed by atoms with Crippen molar-refractivity contribution in [2.75, 3.05) is 18.4 Å². The number of anilines is 1. The fraction of sp³-hybridized carbons (Fsp3) is 0.600. The molecule has 2 nitrogen and oxygen atoms in total. The lowest BCUT2D eigenvalue weighted by Crippen LogP contribution is -2.42. The van der Waals surface area contributed by atoms with Gasteiger partial charge in [-0.3, -0.25) is 0 Å². The van der Waals surface area contributed by atoms with E-state index in [0.29, 0.717) is 17.8 Å². The van der Waals surface area contributed by atoms with Crippen LogP contribution >= 0.6 is 0 Å². The second-order valence-electron chi connectivity index (χ2n) is 5.53. The summed E-state index contributed by atoms with van der Waals surface area (Å²) in [5.41, 5.74) is 1.61. The maximum absolute atomic E-state index is 13.7. The normalized spacial score (nSPS) is 18.3. The highest BCUT2D eigenvalue weighted by Crippen LogP contribution is 2.21. The number of rotatable bonds is 3. The van der Waals surface area contributed by atoms with Crippen LogP contribution in [-0.4, -0.2) is 30.1 Å². The second kappa shape index (κ2) is 5.70. The minimum absolute atomic E-state index is 0.138. The highest BCUT2D eigenvalue weighted by Gasteiger charge is 2.21. The molecule has 0 radical (unpaired) electrons. The van der Waals surface area contributed by atoms with Crippen molar-refractivity contribution in [3.8, 4) is 0 Å². The SMILES string of the molecule is Cc1ccc(NC2CCN(C(C)C)CC2)c(F)c1. The van der Waals surface area contributed by atoms with Crippen molar-refractivity contribution in [3.05, 3.63) is 29.6 Å². The molecule has 2 rings (SSSR count). The number of aryl methyl sites for hydroxylation is 1. The molecule has 1 heterocycles. The number of halogens is 1. The molecule has 0 bridgehead atoms. The van der Waals surface area contributed by atoms with Crippen molar-refractivity contribution in [1.29, 1.82) is 0 Å². The molecule has 0 saturated carbocycles. The van der Waals surface area contributed by atoms with Crippen LogP contribution in [0, 0.1) is 12.7 Å². The zero-order valence-electron chi connectivity index (χ0n) is 11.5. The number of nitrogens with one attached hydrogen (secondary N) is 1. The molecule has 0 amide bonds. The van der Waals surface area contributed by atoms with Crippen molar-refractivity contribution in [1.82, 2.24) is 4.90 Å². The first-order valence-electron chi connectivity index (χ1n) is 6.83. The molecule has 100 valence electrons. The van der Waals surface area contributed by atoms with E-state index in [4.69, 9.17) is 0 Å². The van der Waals surface area contributed by atoms with Crippen LogP contribution in [0.5, 0.6) is 0 Å². The van der Waals surface area contributed by atoms with Gasteiger partial charge < -0.3 is 10.2 Å². The predicted octanol–water partition coefficient (Wildman–Crippen LogP) is 3.42. The summed E-state index contributed by atoms with van der Waals surface area (Å²) in [5.74, 6) is -0.138. The third-order valence-corrected chi connectivity index (χ3v) is 3.74. The summed E-state index contributed by atoms with van der Waals surface area (Å²) in [7, 11) is 0. The molecular formula is C15H23FN2. The standard InChI is InChI=1S/C15H23FN2/c1-11(2)18-8-6-13(7-9-18)17-15-5-4-12(3)10-14(15)16/h4-5,10-11,13,17H,6-9H2,1-3H3. The van der Waals surface area contributed by atoms with Crippen LogP contribution in [0.1, 0.15) is 32.3 Å². The molecule has 0 unspecified atom stereocenters. The average molecular weight is 250 g/mol. The molecule has 0 atom stereocenters. The largest absolute Gasteiger partial charge is 0.380 e. The lowest BCUT2D eigenvalue weighted by Gasteiger charge is -2.35. The molecule has 0 aliphatic carbocycles. The van der Waals surface area contributed by atoms with Crippen LogP contribution in [-0.2, 0) is 0 Å². The van der Waals surface area contributed by atoms with Gasteiger partial charge in [-0.25, -0.2) is 4.39 Å². The Bertz CT molecular complexity index is 395. The topological polar surface area (TPSA) is 15.3 Å². The number of hydrogen-bond donors (Lipinski definition) is 1. The summed E-state index contributed by atoms with van der Waals surface area (Å²) in [6.07, 6.45) is 2.18. The smallest absolute Gasteiger partial charge is 0.146 e. The van der Waals surface area contributed by atoms with Gasteiger partial charge in [0.1, 0.15) is 5.82 Å². The van der Waals surface area contributed by atoms with Gasteiger partial charge >= 0.3 is 0 Å². The van der Waals surface area contributed by atoms with Gasteiger partial charge in [0.25, 0.3) is 0 Å². The predicted molar refractivity (Wildman–Crippen MR) is 74.5 cm³/mol. The lowest BCUT2D eigenvalue weighted by molar-refractivity contribution is 0.177. The average Bonchev–Trinajstić information content (AvgIpc) is 2.33. The van der Waals surface area contributed by atoms with Crippen LogP contribution in [0.3, 0.4) is 0 Å². The van der Waals surface area contributed by atoms with E-state index in [-0.39, 0.29) is 5.82 Å². The minimum Gasteiger partial charge on any atom is -0.380 e. The Balaban J connectivity index is 1.91. The van der Waals surface area contributed by atoms with Crippen molar-refractivity contribution in [2.24, 2.45) is 0 Å². The molecule has 3 heteroatoms. The molecule has 1 aliphatic rings. The second-order valence-corrected chi connectivity index (χ2v) is 5.53. The van der Waals surface area contributed by atoms with Gasteiger partial charge in [0.05, 0.1) is 5.69 Å². The molecule has 1 aromatic rings. The first kappa shape index (κ1) is 13.3. The molecule has 1 fully saturated rings. The fourth-order valence-corrected chi connectivity index (χ4v) is 2.52. The Hall–Kier alpha value is -1.09. The Morgan fingerprint density at radius 3 is 2.50 bits per heavy atom. The lowest BCUT2D eigenvalue weighted by atomic mass is 10.0. The quantitative estimate of drug-likeness (QED) is 0.884. The van der Waals surface area contributed by atoms with E-state index in [9.17, 15) is 4.39 Å². The van der Waals surface area contributed by atoms with E-state index in [1.807, 2.05) is 19.1 Å². The summed E-state index contributed by atoms with van der Waals surface area (Å²) >= 11 is 0. The third-order valence-electron chi connectivity index (χ3n) is 3.74. The molecular weight excluding hydrogens is 227 g/mol. The van der Waals surface area contributed by atoms with E-state index < -0.39 is 0 Å². The summed E-state index contributed by atoms with van der Waals surface area (Å²) < 4.78 is 13.7. The van der Waals surface area contributed by atoms with Gasteiger partial charge in [0.2, 0.25) is 0 Å². The van der Waals surface area contributed by atoms with Gasteiger partial charge in [-0.05, 0) is 51.3 Å². The van der Waals surface area contributed by atoms with E-state index in [1.54, 1.807) is 6.07 Å². The van der Waals surface area contributed by atoms with Crippen LogP contribution in [0.25, 0.3) is 0 Å². The number of piperidine rings is 1. The third kappa shape index (κ3) is 3.22. The fourth-order valence-electron chi connectivity index (χ4n) is 2.52. The zero-order chi connectivity index (χ0) is 13.1. The number of nitrogens with zero attached hydrogens (tertiary/aromatic N) is 1. The molecule has 0 spiro atoms. The number of benzene rings is 1. The number of likely N-dealkylation sites (tertiary alicyclic amines) is 1. The van der Waals surface area contributed by atoms with Crippen molar-refractivity contribution < 1.29 is 4.39 Å². The van der Waals surface area contributed by atoms with Crippen LogP contribution in [0.2, 0.25) is 0 Å².